The van der Waals surface area contributed by atoms with Crippen molar-refractivity contribution in [3.05, 3.63) is 71.8 Å². The molecule has 1 saturated heterocycles. The standard InChI is InChI=1S/C21H22O2/c1-3-8-15(9-4-1)19-20(16-10-5-2-6-11-16)23-21(22-19)13-7-12-17-14-18(17)21/h1-6,8-11,17-20H,7,12-14H2/t17-,18+,19-,20?,21?/m0/s1. The second-order valence-electron chi connectivity index (χ2n) is 7.20. The van der Waals surface area contributed by atoms with Crippen LogP contribution in [-0.2, 0) is 9.47 Å². The van der Waals surface area contributed by atoms with Gasteiger partial charge in [0.05, 0.1) is 0 Å². The lowest BCUT2D eigenvalue weighted by Crippen LogP contribution is -2.36. The molecule has 23 heavy (non-hydrogen) atoms. The predicted molar refractivity (Wildman–Crippen MR) is 88.7 cm³/mol. The third kappa shape index (κ3) is 2.24. The van der Waals surface area contributed by atoms with Gasteiger partial charge in [-0.05, 0) is 36.3 Å². The first-order valence-corrected chi connectivity index (χ1v) is 8.81. The largest absolute Gasteiger partial charge is 0.339 e. The van der Waals surface area contributed by atoms with E-state index in [0.29, 0.717) is 5.92 Å². The van der Waals surface area contributed by atoms with Crippen LogP contribution in [0.2, 0.25) is 0 Å². The van der Waals surface area contributed by atoms with Crippen LogP contribution >= 0.6 is 0 Å². The summed E-state index contributed by atoms with van der Waals surface area (Å²) >= 11 is 0. The number of rotatable bonds is 2. The summed E-state index contributed by atoms with van der Waals surface area (Å²) in [6, 6.07) is 21.1. The van der Waals surface area contributed by atoms with Crippen LogP contribution in [-0.4, -0.2) is 5.79 Å². The third-order valence-electron chi connectivity index (χ3n) is 5.77. The van der Waals surface area contributed by atoms with Crippen molar-refractivity contribution in [3.63, 3.8) is 0 Å². The molecule has 1 aliphatic heterocycles. The average Bonchev–Trinajstić information content (AvgIpc) is 3.32. The zero-order chi connectivity index (χ0) is 15.3. The summed E-state index contributed by atoms with van der Waals surface area (Å²) in [4.78, 5) is 0. The minimum Gasteiger partial charge on any atom is -0.339 e. The van der Waals surface area contributed by atoms with Gasteiger partial charge >= 0.3 is 0 Å². The van der Waals surface area contributed by atoms with Crippen molar-refractivity contribution in [2.75, 3.05) is 0 Å². The Morgan fingerprint density at radius 1 is 0.783 bits per heavy atom. The van der Waals surface area contributed by atoms with Crippen molar-refractivity contribution in [1.29, 1.82) is 0 Å². The topological polar surface area (TPSA) is 18.5 Å². The van der Waals surface area contributed by atoms with Crippen molar-refractivity contribution in [2.45, 2.75) is 43.7 Å². The molecule has 2 nitrogen and oxygen atoms in total. The van der Waals surface area contributed by atoms with E-state index in [9.17, 15) is 0 Å². The quantitative estimate of drug-likeness (QED) is 0.774. The van der Waals surface area contributed by atoms with E-state index in [1.165, 1.54) is 30.4 Å². The molecule has 0 bridgehead atoms. The van der Waals surface area contributed by atoms with E-state index in [0.717, 1.165) is 12.3 Å². The summed E-state index contributed by atoms with van der Waals surface area (Å²) < 4.78 is 13.3. The van der Waals surface area contributed by atoms with E-state index >= 15 is 0 Å². The molecule has 2 aromatic rings. The van der Waals surface area contributed by atoms with Gasteiger partial charge in [-0.15, -0.1) is 0 Å². The van der Waals surface area contributed by atoms with Crippen LogP contribution in [0.5, 0.6) is 0 Å². The minimum atomic E-state index is -0.343. The second-order valence-corrected chi connectivity index (χ2v) is 7.20. The highest BCUT2D eigenvalue weighted by atomic mass is 16.8. The molecule has 1 spiro atoms. The summed E-state index contributed by atoms with van der Waals surface area (Å²) in [5.41, 5.74) is 2.45. The zero-order valence-electron chi connectivity index (χ0n) is 13.2. The van der Waals surface area contributed by atoms with E-state index in [2.05, 4.69) is 60.7 Å². The Balaban J connectivity index is 1.54. The van der Waals surface area contributed by atoms with Gasteiger partial charge in [0, 0.05) is 12.3 Å². The lowest BCUT2D eigenvalue weighted by Gasteiger charge is -2.32. The fourth-order valence-electron chi connectivity index (χ4n) is 4.55. The van der Waals surface area contributed by atoms with Gasteiger partial charge in [-0.2, -0.15) is 0 Å². The molecule has 5 atom stereocenters. The predicted octanol–water partition coefficient (Wildman–Crippen LogP) is 5.03. The highest BCUT2D eigenvalue weighted by molar-refractivity contribution is 5.27. The number of hydrogen-bond acceptors (Lipinski definition) is 2. The molecule has 3 aliphatic rings. The molecular weight excluding hydrogens is 284 g/mol. The maximum absolute atomic E-state index is 6.67. The lowest BCUT2D eigenvalue weighted by atomic mass is 9.94. The van der Waals surface area contributed by atoms with E-state index in [1.807, 2.05) is 0 Å². The average molecular weight is 306 g/mol. The molecular formula is C21H22O2. The summed E-state index contributed by atoms with van der Waals surface area (Å²) in [7, 11) is 0. The van der Waals surface area contributed by atoms with Crippen molar-refractivity contribution in [3.8, 4) is 0 Å². The molecule has 2 unspecified atom stereocenters. The number of fused-ring (bicyclic) bond motifs is 2. The van der Waals surface area contributed by atoms with Gasteiger partial charge in [-0.1, -0.05) is 60.7 Å². The molecule has 5 rings (SSSR count). The van der Waals surface area contributed by atoms with Crippen molar-refractivity contribution < 1.29 is 9.47 Å². The van der Waals surface area contributed by atoms with Gasteiger partial charge in [-0.25, -0.2) is 0 Å². The van der Waals surface area contributed by atoms with Crippen LogP contribution < -0.4 is 0 Å². The molecule has 0 radical (unpaired) electrons. The van der Waals surface area contributed by atoms with Gasteiger partial charge in [0.1, 0.15) is 12.2 Å². The first kappa shape index (κ1) is 13.8. The minimum absolute atomic E-state index is 0.00190. The van der Waals surface area contributed by atoms with Crippen LogP contribution in [0.4, 0.5) is 0 Å². The van der Waals surface area contributed by atoms with E-state index in [1.54, 1.807) is 0 Å². The Labute approximate surface area is 137 Å². The fourth-order valence-corrected chi connectivity index (χ4v) is 4.55. The van der Waals surface area contributed by atoms with Gasteiger partial charge in [0.25, 0.3) is 0 Å². The lowest BCUT2D eigenvalue weighted by molar-refractivity contribution is -0.206. The van der Waals surface area contributed by atoms with E-state index < -0.39 is 0 Å². The highest BCUT2D eigenvalue weighted by Gasteiger charge is 2.62. The van der Waals surface area contributed by atoms with Crippen LogP contribution in [0, 0.1) is 11.8 Å². The maximum Gasteiger partial charge on any atom is 0.173 e. The molecule has 1 heterocycles. The molecule has 2 heteroatoms. The van der Waals surface area contributed by atoms with Gasteiger partial charge in [0.15, 0.2) is 5.79 Å². The third-order valence-corrected chi connectivity index (χ3v) is 5.77. The van der Waals surface area contributed by atoms with Gasteiger partial charge < -0.3 is 9.47 Å². The van der Waals surface area contributed by atoms with Crippen molar-refractivity contribution in [2.24, 2.45) is 11.8 Å². The first-order chi connectivity index (χ1) is 11.4. The first-order valence-electron chi connectivity index (χ1n) is 8.81. The Bertz CT molecular complexity index is 634. The Hall–Kier alpha value is -1.64. The summed E-state index contributed by atoms with van der Waals surface area (Å²) in [5, 5.41) is 0. The van der Waals surface area contributed by atoms with Crippen molar-refractivity contribution >= 4 is 0 Å². The SMILES string of the molecule is c1ccc(C2OC3(CCC[C@H]4C[C@H]43)O[C@H]2c2ccccc2)cc1. The number of ether oxygens (including phenoxy) is 2. The molecule has 2 aliphatic carbocycles. The molecule has 3 fully saturated rings. The monoisotopic (exact) mass is 306 g/mol. The molecule has 2 saturated carbocycles. The maximum atomic E-state index is 6.67. The summed E-state index contributed by atoms with van der Waals surface area (Å²) in [6.45, 7) is 0. The van der Waals surface area contributed by atoms with Crippen molar-refractivity contribution in [1.82, 2.24) is 0 Å². The Morgan fingerprint density at radius 2 is 1.35 bits per heavy atom. The molecule has 0 N–H and O–H groups in total. The van der Waals surface area contributed by atoms with Crippen LogP contribution in [0.1, 0.15) is 49.0 Å². The molecule has 0 amide bonds. The molecule has 2 aromatic carbocycles. The number of benzene rings is 2. The smallest absolute Gasteiger partial charge is 0.173 e. The number of hydrogen-bond donors (Lipinski definition) is 0. The Morgan fingerprint density at radius 3 is 1.91 bits per heavy atom. The van der Waals surface area contributed by atoms with E-state index in [4.69, 9.17) is 9.47 Å². The second kappa shape index (κ2) is 5.19. The van der Waals surface area contributed by atoms with Crippen LogP contribution in [0.3, 0.4) is 0 Å². The zero-order valence-corrected chi connectivity index (χ0v) is 13.2. The molecule has 0 aromatic heterocycles. The van der Waals surface area contributed by atoms with Gasteiger partial charge in [0.2, 0.25) is 0 Å². The Kier molecular flexibility index (Phi) is 3.10. The summed E-state index contributed by atoms with van der Waals surface area (Å²) in [6.07, 6.45) is 4.90. The normalized spacial score (nSPS) is 38.4. The van der Waals surface area contributed by atoms with Crippen LogP contribution in [0.15, 0.2) is 60.7 Å². The van der Waals surface area contributed by atoms with Gasteiger partial charge in [-0.3, -0.25) is 0 Å². The summed E-state index contributed by atoms with van der Waals surface area (Å²) in [5.74, 6) is 1.09. The fraction of sp³-hybridized carbons (Fsp3) is 0.429. The molecule has 118 valence electrons. The van der Waals surface area contributed by atoms with Crippen LogP contribution in [0.25, 0.3) is 0 Å². The van der Waals surface area contributed by atoms with E-state index in [-0.39, 0.29) is 18.0 Å². The highest BCUT2D eigenvalue weighted by Crippen LogP contribution is 2.63.